The van der Waals surface area contributed by atoms with Crippen molar-refractivity contribution in [2.75, 3.05) is 5.32 Å². The van der Waals surface area contributed by atoms with E-state index >= 15 is 0 Å². The van der Waals surface area contributed by atoms with Crippen molar-refractivity contribution in [2.24, 2.45) is 0 Å². The average Bonchev–Trinajstić information content (AvgIpc) is 2.41. The molecule has 0 atom stereocenters. The number of nitrogens with one attached hydrogen (secondary N) is 1. The quantitative estimate of drug-likeness (QED) is 0.903. The molecule has 1 heterocycles. The Morgan fingerprint density at radius 3 is 2.70 bits per heavy atom. The number of benzene rings is 1. The number of halogens is 1. The number of aryl methyl sites for hydroxylation is 1. The zero-order valence-electron chi connectivity index (χ0n) is 10.6. The number of carbonyl (C=O) groups excluding carboxylic acids is 1. The topological polar surface area (TPSA) is 79.3 Å². The van der Waals surface area contributed by atoms with Gasteiger partial charge in [-0.05, 0) is 36.8 Å². The van der Waals surface area contributed by atoms with Crippen LogP contribution in [0.1, 0.15) is 26.4 Å². The summed E-state index contributed by atoms with van der Waals surface area (Å²) >= 11 is 3.31. The van der Waals surface area contributed by atoms with Crippen molar-refractivity contribution in [3.05, 3.63) is 57.7 Å². The summed E-state index contributed by atoms with van der Waals surface area (Å²) in [7, 11) is 0. The predicted molar refractivity (Wildman–Crippen MR) is 78.0 cm³/mol. The molecule has 0 aliphatic rings. The first-order chi connectivity index (χ1) is 9.47. The van der Waals surface area contributed by atoms with Crippen LogP contribution in [0.3, 0.4) is 0 Å². The zero-order chi connectivity index (χ0) is 14.7. The third-order valence-electron chi connectivity index (χ3n) is 2.65. The molecule has 102 valence electrons. The van der Waals surface area contributed by atoms with Crippen LogP contribution in [0.15, 0.2) is 40.9 Å². The van der Waals surface area contributed by atoms with Crippen molar-refractivity contribution < 1.29 is 14.7 Å². The molecule has 20 heavy (non-hydrogen) atoms. The lowest BCUT2D eigenvalue weighted by atomic mass is 10.1. The molecule has 0 saturated heterocycles. The summed E-state index contributed by atoms with van der Waals surface area (Å²) in [6, 6.07) is 9.79. The third-order valence-corrected chi connectivity index (χ3v) is 3.15. The van der Waals surface area contributed by atoms with Crippen molar-refractivity contribution in [1.82, 2.24) is 4.98 Å². The number of pyridine rings is 1. The molecule has 2 N–H and O–H groups in total. The summed E-state index contributed by atoms with van der Waals surface area (Å²) in [4.78, 5) is 26.8. The number of carbonyl (C=O) groups is 2. The van der Waals surface area contributed by atoms with Crippen LogP contribution in [-0.2, 0) is 0 Å². The van der Waals surface area contributed by atoms with E-state index in [2.05, 4.69) is 26.2 Å². The van der Waals surface area contributed by atoms with E-state index in [9.17, 15) is 9.59 Å². The van der Waals surface area contributed by atoms with Gasteiger partial charge in [-0.1, -0.05) is 28.1 Å². The summed E-state index contributed by atoms with van der Waals surface area (Å²) in [6.07, 6.45) is 0. The average molecular weight is 335 g/mol. The monoisotopic (exact) mass is 334 g/mol. The third kappa shape index (κ3) is 3.21. The molecule has 0 saturated carbocycles. The van der Waals surface area contributed by atoms with Crippen LogP contribution in [0.5, 0.6) is 0 Å². The molecule has 2 rings (SSSR count). The molecule has 6 heteroatoms. The van der Waals surface area contributed by atoms with Gasteiger partial charge < -0.3 is 10.4 Å². The Morgan fingerprint density at radius 2 is 2.00 bits per heavy atom. The molecule has 0 aliphatic carbocycles. The molecule has 1 aromatic carbocycles. The molecular weight excluding hydrogens is 324 g/mol. The minimum Gasteiger partial charge on any atom is -0.477 e. The Balaban J connectivity index is 2.25. The number of rotatable bonds is 3. The number of carboxylic acids is 1. The predicted octanol–water partition coefficient (Wildman–Crippen LogP) is 3.10. The van der Waals surface area contributed by atoms with Gasteiger partial charge in [0.2, 0.25) is 0 Å². The van der Waals surface area contributed by atoms with Gasteiger partial charge >= 0.3 is 5.97 Å². The fourth-order valence-electron chi connectivity index (χ4n) is 1.65. The summed E-state index contributed by atoms with van der Waals surface area (Å²) in [5.41, 5.74) is 1.20. The number of aromatic carboxylic acids is 1. The molecule has 5 nitrogen and oxygen atoms in total. The highest BCUT2D eigenvalue weighted by Gasteiger charge is 2.12. The standard InChI is InChI=1S/C14H11BrN2O3/c1-8-5-6-9(15)7-10(8)13(18)17-12-4-2-3-11(16-12)14(19)20/h2-7H,1H3,(H,19,20)(H,16,17,18). The molecular formula is C14H11BrN2O3. The van der Waals surface area contributed by atoms with Crippen molar-refractivity contribution >= 4 is 33.6 Å². The van der Waals surface area contributed by atoms with Gasteiger partial charge in [-0.3, -0.25) is 4.79 Å². The Hall–Kier alpha value is -2.21. The van der Waals surface area contributed by atoms with Crippen LogP contribution >= 0.6 is 15.9 Å². The van der Waals surface area contributed by atoms with Gasteiger partial charge in [-0.25, -0.2) is 9.78 Å². The van der Waals surface area contributed by atoms with Gasteiger partial charge in [0, 0.05) is 10.0 Å². The van der Waals surface area contributed by atoms with Crippen molar-refractivity contribution in [3.8, 4) is 0 Å². The number of amides is 1. The molecule has 2 aromatic rings. The lowest BCUT2D eigenvalue weighted by molar-refractivity contribution is 0.0690. The van der Waals surface area contributed by atoms with Gasteiger partial charge in [0.1, 0.15) is 5.82 Å². The second-order valence-electron chi connectivity index (χ2n) is 4.13. The van der Waals surface area contributed by atoms with Crippen LogP contribution in [0.25, 0.3) is 0 Å². The van der Waals surface area contributed by atoms with Crippen LogP contribution < -0.4 is 5.32 Å². The van der Waals surface area contributed by atoms with E-state index in [4.69, 9.17) is 5.11 Å². The summed E-state index contributed by atoms with van der Waals surface area (Å²) in [5, 5.41) is 11.4. The normalized spacial score (nSPS) is 10.1. The number of hydrogen-bond donors (Lipinski definition) is 2. The molecule has 0 spiro atoms. The second kappa shape index (κ2) is 5.83. The molecule has 0 aliphatic heterocycles. The summed E-state index contributed by atoms with van der Waals surface area (Å²) in [5.74, 6) is -1.27. The van der Waals surface area contributed by atoms with E-state index in [1.54, 1.807) is 6.07 Å². The molecule has 1 aromatic heterocycles. The SMILES string of the molecule is Cc1ccc(Br)cc1C(=O)Nc1cccc(C(=O)O)n1. The number of nitrogens with zero attached hydrogens (tertiary/aromatic N) is 1. The summed E-state index contributed by atoms with van der Waals surface area (Å²) in [6.45, 7) is 1.82. The van der Waals surface area contributed by atoms with E-state index in [-0.39, 0.29) is 17.4 Å². The highest BCUT2D eigenvalue weighted by molar-refractivity contribution is 9.10. The fourth-order valence-corrected chi connectivity index (χ4v) is 2.01. The zero-order valence-corrected chi connectivity index (χ0v) is 12.1. The van der Waals surface area contributed by atoms with E-state index in [1.165, 1.54) is 18.2 Å². The molecule has 0 fully saturated rings. The van der Waals surface area contributed by atoms with Gasteiger partial charge in [-0.15, -0.1) is 0 Å². The maximum atomic E-state index is 12.1. The van der Waals surface area contributed by atoms with E-state index in [0.29, 0.717) is 5.56 Å². The van der Waals surface area contributed by atoms with Crippen LogP contribution in [0.4, 0.5) is 5.82 Å². The van der Waals surface area contributed by atoms with Gasteiger partial charge in [0.15, 0.2) is 5.69 Å². The number of hydrogen-bond acceptors (Lipinski definition) is 3. The number of anilines is 1. The minimum atomic E-state index is -1.14. The van der Waals surface area contributed by atoms with Crippen molar-refractivity contribution in [3.63, 3.8) is 0 Å². The van der Waals surface area contributed by atoms with Gasteiger partial charge in [0.05, 0.1) is 0 Å². The van der Waals surface area contributed by atoms with Gasteiger partial charge in [-0.2, -0.15) is 0 Å². The maximum Gasteiger partial charge on any atom is 0.354 e. The van der Waals surface area contributed by atoms with Crippen molar-refractivity contribution in [2.45, 2.75) is 6.92 Å². The summed E-state index contributed by atoms with van der Waals surface area (Å²) < 4.78 is 0.792. The van der Waals surface area contributed by atoms with Crippen LogP contribution in [0.2, 0.25) is 0 Å². The van der Waals surface area contributed by atoms with Crippen LogP contribution in [0, 0.1) is 6.92 Å². The van der Waals surface area contributed by atoms with Crippen LogP contribution in [-0.4, -0.2) is 22.0 Å². The largest absolute Gasteiger partial charge is 0.477 e. The fraction of sp³-hybridized carbons (Fsp3) is 0.0714. The lowest BCUT2D eigenvalue weighted by Gasteiger charge is -2.08. The Morgan fingerprint density at radius 1 is 1.25 bits per heavy atom. The maximum absolute atomic E-state index is 12.1. The number of carboxylic acid groups (broad SMARTS) is 1. The van der Waals surface area contributed by atoms with E-state index in [0.717, 1.165) is 10.0 Å². The Bertz CT molecular complexity index is 686. The molecule has 0 bridgehead atoms. The van der Waals surface area contributed by atoms with E-state index in [1.807, 2.05) is 19.1 Å². The first kappa shape index (κ1) is 14.2. The Labute approximate surface area is 123 Å². The smallest absolute Gasteiger partial charge is 0.354 e. The molecule has 0 unspecified atom stereocenters. The first-order valence-electron chi connectivity index (χ1n) is 5.75. The van der Waals surface area contributed by atoms with E-state index < -0.39 is 5.97 Å². The first-order valence-corrected chi connectivity index (χ1v) is 6.54. The lowest BCUT2D eigenvalue weighted by Crippen LogP contribution is -2.15. The highest BCUT2D eigenvalue weighted by Crippen LogP contribution is 2.17. The van der Waals surface area contributed by atoms with Crippen molar-refractivity contribution in [1.29, 1.82) is 0 Å². The highest BCUT2D eigenvalue weighted by atomic mass is 79.9. The second-order valence-corrected chi connectivity index (χ2v) is 5.04. The number of aromatic nitrogens is 1. The minimum absolute atomic E-state index is 0.117. The molecule has 0 radical (unpaired) electrons. The Kier molecular flexibility index (Phi) is 4.14. The molecule has 1 amide bonds. The van der Waals surface area contributed by atoms with Gasteiger partial charge in [0.25, 0.3) is 5.91 Å².